The molecule has 0 aliphatic rings. The lowest BCUT2D eigenvalue weighted by Crippen LogP contribution is -2.35. The average molecular weight is 306 g/mol. The number of nitrogens with one attached hydrogen (secondary N) is 1. The molecule has 0 fully saturated rings. The highest BCUT2D eigenvalue weighted by atomic mass is 32.2. The molecule has 1 aromatic carbocycles. The van der Waals surface area contributed by atoms with E-state index in [9.17, 15) is 22.0 Å². The molecule has 0 radical (unpaired) electrons. The van der Waals surface area contributed by atoms with E-state index in [2.05, 4.69) is 5.32 Å². The third-order valence-corrected chi connectivity index (χ3v) is 4.06. The summed E-state index contributed by atoms with van der Waals surface area (Å²) >= 11 is 0. The first kappa shape index (κ1) is 16.5. The Morgan fingerprint density at radius 2 is 1.95 bits per heavy atom. The highest BCUT2D eigenvalue weighted by Crippen LogP contribution is 2.26. The van der Waals surface area contributed by atoms with E-state index in [4.69, 9.17) is 5.73 Å². The van der Waals surface area contributed by atoms with Gasteiger partial charge in [0.05, 0.1) is 16.6 Å². The van der Waals surface area contributed by atoms with Gasteiger partial charge in [0.1, 0.15) is 0 Å². The highest BCUT2D eigenvalue weighted by Gasteiger charge is 2.29. The molecule has 0 aliphatic heterocycles. The van der Waals surface area contributed by atoms with Crippen LogP contribution in [0.5, 0.6) is 0 Å². The second kappa shape index (κ2) is 6.76. The fourth-order valence-corrected chi connectivity index (χ4v) is 2.47. The summed E-state index contributed by atoms with van der Waals surface area (Å²) in [4.78, 5) is 11.1. The summed E-state index contributed by atoms with van der Waals surface area (Å²) in [6.07, 6.45) is 1.08. The molecule has 0 saturated heterocycles. The van der Waals surface area contributed by atoms with E-state index in [1.807, 2.05) is 6.92 Å². The van der Waals surface area contributed by atoms with Crippen molar-refractivity contribution in [2.75, 3.05) is 5.32 Å². The molecule has 1 amide bonds. The number of hydrogen-bond donors (Lipinski definition) is 2. The molecule has 1 aromatic rings. The van der Waals surface area contributed by atoms with E-state index in [0.717, 1.165) is 6.07 Å². The van der Waals surface area contributed by atoms with Gasteiger partial charge in [-0.3, -0.25) is 4.79 Å². The molecule has 1 atom stereocenters. The van der Waals surface area contributed by atoms with Crippen LogP contribution in [0.3, 0.4) is 0 Å². The topological polar surface area (TPSA) is 89.3 Å². The first-order valence-electron chi connectivity index (χ1n) is 5.98. The smallest absolute Gasteiger partial charge is 0.324 e. The molecule has 1 rings (SSSR count). The van der Waals surface area contributed by atoms with Crippen molar-refractivity contribution >= 4 is 21.4 Å². The van der Waals surface area contributed by atoms with Gasteiger partial charge in [-0.25, -0.2) is 8.42 Å². The summed E-state index contributed by atoms with van der Waals surface area (Å²) in [7, 11) is -4.78. The number of anilines is 1. The van der Waals surface area contributed by atoms with Crippen LogP contribution in [-0.2, 0) is 14.6 Å². The van der Waals surface area contributed by atoms with Gasteiger partial charge in [0.25, 0.3) is 0 Å². The number of halogens is 2. The number of sulfone groups is 1. The lowest BCUT2D eigenvalue weighted by Gasteiger charge is -2.14. The van der Waals surface area contributed by atoms with E-state index in [1.165, 1.54) is 18.2 Å². The minimum atomic E-state index is -4.78. The zero-order valence-corrected chi connectivity index (χ0v) is 11.7. The largest absolute Gasteiger partial charge is 0.341 e. The van der Waals surface area contributed by atoms with Gasteiger partial charge in [-0.15, -0.1) is 0 Å². The normalized spacial score (nSPS) is 13.2. The number of benzene rings is 1. The fraction of sp³-hybridized carbons (Fsp3) is 0.417. The first-order chi connectivity index (χ1) is 9.30. The summed E-state index contributed by atoms with van der Waals surface area (Å²) in [5.74, 6) is -4.16. The summed E-state index contributed by atoms with van der Waals surface area (Å²) in [5, 5.41) is 2.28. The lowest BCUT2D eigenvalue weighted by molar-refractivity contribution is -0.117. The van der Waals surface area contributed by atoms with Crippen LogP contribution in [0.1, 0.15) is 19.8 Å². The Hall–Kier alpha value is -1.54. The molecule has 8 heteroatoms. The molecule has 0 spiro atoms. The molecule has 5 nitrogen and oxygen atoms in total. The number of nitrogens with two attached hydrogens (primary N) is 1. The molecule has 20 heavy (non-hydrogen) atoms. The predicted octanol–water partition coefficient (Wildman–Crippen LogP) is 1.75. The molecule has 0 heterocycles. The Balaban J connectivity index is 3.07. The molecule has 0 bridgehead atoms. The molecule has 3 N–H and O–H groups in total. The second-order valence-corrected chi connectivity index (χ2v) is 6.07. The average Bonchev–Trinajstić information content (AvgIpc) is 2.39. The number of carbonyl (C=O) groups excluding carboxylic acids is 1. The van der Waals surface area contributed by atoms with Gasteiger partial charge in [0.15, 0.2) is 0 Å². The van der Waals surface area contributed by atoms with Crippen molar-refractivity contribution < 1.29 is 22.0 Å². The van der Waals surface area contributed by atoms with E-state index in [-0.39, 0.29) is 5.69 Å². The van der Waals surface area contributed by atoms with E-state index < -0.39 is 32.4 Å². The van der Waals surface area contributed by atoms with E-state index in [0.29, 0.717) is 12.8 Å². The molecule has 112 valence electrons. The van der Waals surface area contributed by atoms with Crippen molar-refractivity contribution in [3.05, 3.63) is 24.3 Å². The quantitative estimate of drug-likeness (QED) is 0.838. The van der Waals surface area contributed by atoms with E-state index >= 15 is 0 Å². The molecule has 0 unspecified atom stereocenters. The Kier molecular flexibility index (Phi) is 5.58. The first-order valence-corrected chi connectivity index (χ1v) is 7.52. The van der Waals surface area contributed by atoms with Crippen molar-refractivity contribution in [3.63, 3.8) is 0 Å². The van der Waals surface area contributed by atoms with Crippen molar-refractivity contribution in [3.8, 4) is 0 Å². The van der Waals surface area contributed by atoms with Gasteiger partial charge in [-0.05, 0) is 18.6 Å². The van der Waals surface area contributed by atoms with Crippen molar-refractivity contribution in [1.82, 2.24) is 0 Å². The van der Waals surface area contributed by atoms with Crippen LogP contribution >= 0.6 is 0 Å². The third kappa shape index (κ3) is 3.73. The van der Waals surface area contributed by atoms with Crippen LogP contribution in [-0.4, -0.2) is 26.1 Å². The maximum absolute atomic E-state index is 12.6. The fourth-order valence-electron chi connectivity index (χ4n) is 1.58. The Bertz CT molecular complexity index is 576. The maximum Gasteiger partial charge on any atom is 0.341 e. The van der Waals surface area contributed by atoms with Crippen LogP contribution in [0.25, 0.3) is 0 Å². The molecule has 0 saturated carbocycles. The molecule has 0 aromatic heterocycles. The maximum atomic E-state index is 12.6. The number of rotatable bonds is 6. The Morgan fingerprint density at radius 1 is 1.35 bits per heavy atom. The van der Waals surface area contributed by atoms with Crippen molar-refractivity contribution in [2.24, 2.45) is 5.73 Å². The number of carbonyl (C=O) groups is 1. The zero-order valence-electron chi connectivity index (χ0n) is 10.8. The Labute approximate surface area is 116 Å². The van der Waals surface area contributed by atoms with Crippen LogP contribution < -0.4 is 11.1 Å². The number of hydrogen-bond acceptors (Lipinski definition) is 4. The monoisotopic (exact) mass is 306 g/mol. The summed E-state index contributed by atoms with van der Waals surface area (Å²) in [6, 6.07) is 4.18. The van der Waals surface area contributed by atoms with Crippen LogP contribution in [0.2, 0.25) is 0 Å². The summed E-state index contributed by atoms with van der Waals surface area (Å²) < 4.78 is 48.1. The Morgan fingerprint density at radius 3 is 2.50 bits per heavy atom. The molecule has 0 aliphatic carbocycles. The summed E-state index contributed by atoms with van der Waals surface area (Å²) in [6.45, 7) is 1.84. The van der Waals surface area contributed by atoms with Gasteiger partial charge in [0.2, 0.25) is 15.7 Å². The molecular formula is C12H16F2N2O3S. The minimum Gasteiger partial charge on any atom is -0.324 e. The number of amides is 1. The van der Waals surface area contributed by atoms with Gasteiger partial charge in [-0.2, -0.15) is 8.78 Å². The van der Waals surface area contributed by atoms with Gasteiger partial charge in [-0.1, -0.05) is 25.5 Å². The van der Waals surface area contributed by atoms with Crippen molar-refractivity contribution in [2.45, 2.75) is 36.5 Å². The zero-order chi connectivity index (χ0) is 15.3. The van der Waals surface area contributed by atoms with Crippen LogP contribution in [0, 0.1) is 0 Å². The lowest BCUT2D eigenvalue weighted by atomic mass is 10.1. The van der Waals surface area contributed by atoms with Crippen molar-refractivity contribution in [1.29, 1.82) is 0 Å². The summed E-state index contributed by atoms with van der Waals surface area (Å²) in [5.41, 5.74) is 5.39. The SMILES string of the molecule is CCC[C@H](N)C(=O)Nc1ccccc1S(=O)(=O)C(F)F. The number of para-hydroxylation sites is 1. The van der Waals surface area contributed by atoms with Crippen LogP contribution in [0.15, 0.2) is 29.2 Å². The minimum absolute atomic E-state index is 0.190. The standard InChI is InChI=1S/C12H16F2N2O3S/c1-2-5-8(15)11(17)16-9-6-3-4-7-10(9)20(18,19)12(13)14/h3-4,6-8,12H,2,5,15H2,1H3,(H,16,17)/t8-/m0/s1. The van der Waals surface area contributed by atoms with Gasteiger partial charge < -0.3 is 11.1 Å². The number of alkyl halides is 2. The van der Waals surface area contributed by atoms with Gasteiger partial charge >= 0.3 is 5.76 Å². The second-order valence-electron chi connectivity index (χ2n) is 4.19. The van der Waals surface area contributed by atoms with Gasteiger partial charge in [0, 0.05) is 0 Å². The molecular weight excluding hydrogens is 290 g/mol. The van der Waals surface area contributed by atoms with E-state index in [1.54, 1.807) is 0 Å². The third-order valence-electron chi connectivity index (χ3n) is 2.62. The highest BCUT2D eigenvalue weighted by molar-refractivity contribution is 7.91. The predicted molar refractivity (Wildman–Crippen MR) is 71.1 cm³/mol. The van der Waals surface area contributed by atoms with Crippen LogP contribution in [0.4, 0.5) is 14.5 Å².